The van der Waals surface area contributed by atoms with E-state index in [1.54, 1.807) is 0 Å². The highest BCUT2D eigenvalue weighted by Crippen LogP contribution is 1.96. The Labute approximate surface area is 40.0 Å². The van der Waals surface area contributed by atoms with Gasteiger partial charge in [0.25, 0.3) is 0 Å². The maximum Gasteiger partial charge on any atom is 0.0581 e. The minimum absolute atomic E-state index is 0.0854. The summed E-state index contributed by atoms with van der Waals surface area (Å²) in [5, 5.41) is 0. The van der Waals surface area contributed by atoms with Gasteiger partial charge in [-0.25, -0.2) is 0 Å². The Hall–Kier alpha value is 0.100. The predicted molar refractivity (Wildman–Crippen MR) is 28.8 cm³/mol. The summed E-state index contributed by atoms with van der Waals surface area (Å²) in [5.74, 6) is 0. The van der Waals surface area contributed by atoms with Gasteiger partial charge < -0.3 is 0 Å². The van der Waals surface area contributed by atoms with E-state index in [-0.39, 0.29) is 8.46 Å². The zero-order valence-electron chi connectivity index (χ0n) is 4.03. The van der Waals surface area contributed by atoms with Crippen molar-refractivity contribution in [3.05, 3.63) is 0 Å². The first-order valence-corrected chi connectivity index (χ1v) is 3.38. The van der Waals surface area contributed by atoms with Gasteiger partial charge in [-0.3, -0.25) is 4.57 Å². The highest BCUT2D eigenvalue weighted by molar-refractivity contribution is 7.23. The van der Waals surface area contributed by atoms with Crippen molar-refractivity contribution in [1.29, 1.82) is 0 Å². The van der Waals surface area contributed by atoms with Crippen molar-refractivity contribution in [2.75, 3.05) is 6.16 Å². The summed E-state index contributed by atoms with van der Waals surface area (Å²) in [7, 11) is -0.0854. The molecule has 0 N–H and O–H groups in total. The highest BCUT2D eigenvalue weighted by atomic mass is 31.1. The Morgan fingerprint density at radius 3 is 2.50 bits per heavy atom. The van der Waals surface area contributed by atoms with E-state index in [1.165, 1.54) is 0 Å². The maximum absolute atomic E-state index is 9.72. The monoisotopic (exact) mass is 105 g/mol. The standard InChI is InChI=1S/C4H10OP/c1-2-3-4-6-5/h6H,2-4H2,1H3. The van der Waals surface area contributed by atoms with Crippen molar-refractivity contribution in [1.82, 2.24) is 0 Å². The lowest BCUT2D eigenvalue weighted by atomic mass is 10.4. The van der Waals surface area contributed by atoms with Gasteiger partial charge in [0.15, 0.2) is 0 Å². The van der Waals surface area contributed by atoms with Gasteiger partial charge in [-0.2, -0.15) is 0 Å². The van der Waals surface area contributed by atoms with E-state index in [0.29, 0.717) is 0 Å². The van der Waals surface area contributed by atoms with E-state index in [2.05, 4.69) is 6.92 Å². The van der Waals surface area contributed by atoms with E-state index in [0.717, 1.165) is 19.0 Å². The summed E-state index contributed by atoms with van der Waals surface area (Å²) < 4.78 is 9.72. The number of hydrogen-bond acceptors (Lipinski definition) is 1. The number of unbranched alkanes of at least 4 members (excludes halogenated alkanes) is 1. The molecule has 0 saturated carbocycles. The molecule has 1 radical (unpaired) electrons. The molecule has 0 saturated heterocycles. The number of hydrogen-bond donors (Lipinski definition) is 0. The van der Waals surface area contributed by atoms with Crippen molar-refractivity contribution in [3.8, 4) is 0 Å². The molecule has 0 heterocycles. The third-order valence-corrected chi connectivity index (χ3v) is 1.19. The lowest BCUT2D eigenvalue weighted by molar-refractivity contribution is 0.597. The molecule has 0 spiro atoms. The van der Waals surface area contributed by atoms with Crippen LogP contribution in [0.25, 0.3) is 0 Å². The molecule has 0 rings (SSSR count). The fraction of sp³-hybridized carbons (Fsp3) is 1.00. The van der Waals surface area contributed by atoms with Gasteiger partial charge in [0.05, 0.1) is 8.46 Å². The van der Waals surface area contributed by atoms with Crippen LogP contribution < -0.4 is 0 Å². The molecular weight excluding hydrogens is 95.0 g/mol. The minimum atomic E-state index is -0.0854. The summed E-state index contributed by atoms with van der Waals surface area (Å²) >= 11 is 0. The largest absolute Gasteiger partial charge is 0.291 e. The average molecular weight is 105 g/mol. The molecule has 0 aliphatic heterocycles. The number of rotatable bonds is 3. The minimum Gasteiger partial charge on any atom is -0.291 e. The van der Waals surface area contributed by atoms with Crippen molar-refractivity contribution >= 4 is 8.46 Å². The van der Waals surface area contributed by atoms with Crippen LogP contribution in [0.15, 0.2) is 0 Å². The molecule has 0 bridgehead atoms. The quantitative estimate of drug-likeness (QED) is 0.395. The maximum atomic E-state index is 9.72. The summed E-state index contributed by atoms with van der Waals surface area (Å²) in [6.45, 7) is 2.10. The Morgan fingerprint density at radius 1 is 1.67 bits per heavy atom. The molecule has 1 unspecified atom stereocenters. The van der Waals surface area contributed by atoms with Crippen LogP contribution >= 0.6 is 8.46 Å². The summed E-state index contributed by atoms with van der Waals surface area (Å²) in [4.78, 5) is 0. The molecular formula is C4H10OP. The lowest BCUT2D eigenvalue weighted by Crippen LogP contribution is -1.66. The van der Waals surface area contributed by atoms with Crippen LogP contribution in [0.5, 0.6) is 0 Å². The first-order chi connectivity index (χ1) is 2.91. The molecule has 1 atom stereocenters. The van der Waals surface area contributed by atoms with E-state index in [1.807, 2.05) is 0 Å². The van der Waals surface area contributed by atoms with Gasteiger partial charge in [0.1, 0.15) is 0 Å². The van der Waals surface area contributed by atoms with Gasteiger partial charge >= 0.3 is 0 Å². The Balaban J connectivity index is 2.49. The molecule has 0 aromatic carbocycles. The third kappa shape index (κ3) is 4.10. The molecule has 0 fully saturated rings. The third-order valence-electron chi connectivity index (χ3n) is 0.632. The van der Waals surface area contributed by atoms with E-state index < -0.39 is 0 Å². The smallest absolute Gasteiger partial charge is 0.0581 e. The van der Waals surface area contributed by atoms with Crippen molar-refractivity contribution in [2.45, 2.75) is 19.8 Å². The fourth-order valence-electron chi connectivity index (χ4n) is 0.249. The SMILES string of the molecule is CCCC[PH]=O. The Morgan fingerprint density at radius 2 is 2.33 bits per heavy atom. The second-order valence-corrected chi connectivity index (χ2v) is 2.04. The molecule has 0 aliphatic carbocycles. The molecule has 37 valence electrons. The van der Waals surface area contributed by atoms with Crippen LogP contribution in [-0.4, -0.2) is 6.16 Å². The van der Waals surface area contributed by atoms with Crippen molar-refractivity contribution < 1.29 is 4.57 Å². The molecule has 0 aliphatic rings. The van der Waals surface area contributed by atoms with Crippen LogP contribution in [0, 0.1) is 0 Å². The van der Waals surface area contributed by atoms with Gasteiger partial charge in [-0.15, -0.1) is 0 Å². The van der Waals surface area contributed by atoms with E-state index in [9.17, 15) is 4.57 Å². The molecule has 0 aromatic heterocycles. The molecule has 6 heavy (non-hydrogen) atoms. The average Bonchev–Trinajstić information content (AvgIpc) is 1.61. The lowest BCUT2D eigenvalue weighted by Gasteiger charge is -1.79. The van der Waals surface area contributed by atoms with Crippen LogP contribution in [0.2, 0.25) is 0 Å². The molecule has 2 heteroatoms. The molecule has 0 aromatic rings. The summed E-state index contributed by atoms with van der Waals surface area (Å²) in [6.07, 6.45) is 3.16. The topological polar surface area (TPSA) is 17.1 Å². The van der Waals surface area contributed by atoms with Gasteiger partial charge in [-0.05, 0) is 6.42 Å². The van der Waals surface area contributed by atoms with Gasteiger partial charge in [0.2, 0.25) is 0 Å². The molecule has 1 nitrogen and oxygen atoms in total. The summed E-state index contributed by atoms with van der Waals surface area (Å²) in [5.41, 5.74) is 0. The second-order valence-electron chi connectivity index (χ2n) is 1.25. The fourth-order valence-corrected chi connectivity index (χ4v) is 0.747. The molecule has 0 amide bonds. The van der Waals surface area contributed by atoms with Gasteiger partial charge in [0, 0.05) is 6.16 Å². The second kappa shape index (κ2) is 5.10. The highest BCUT2D eigenvalue weighted by Gasteiger charge is 1.74. The Kier molecular flexibility index (Phi) is 5.18. The zero-order valence-corrected chi connectivity index (χ0v) is 5.03. The van der Waals surface area contributed by atoms with Crippen molar-refractivity contribution in [3.63, 3.8) is 0 Å². The normalized spacial score (nSPS) is 9.50. The van der Waals surface area contributed by atoms with E-state index in [4.69, 9.17) is 0 Å². The first kappa shape index (κ1) is 6.10. The van der Waals surface area contributed by atoms with Crippen molar-refractivity contribution in [2.24, 2.45) is 0 Å². The summed E-state index contributed by atoms with van der Waals surface area (Å²) in [6, 6.07) is 0. The van der Waals surface area contributed by atoms with Crippen LogP contribution in [0.4, 0.5) is 0 Å². The zero-order chi connectivity index (χ0) is 4.83. The van der Waals surface area contributed by atoms with Crippen LogP contribution in [-0.2, 0) is 4.57 Å². The predicted octanol–water partition coefficient (Wildman–Crippen LogP) is 1.81. The van der Waals surface area contributed by atoms with E-state index >= 15 is 0 Å². The van der Waals surface area contributed by atoms with Crippen LogP contribution in [0.3, 0.4) is 0 Å². The van der Waals surface area contributed by atoms with Crippen LogP contribution in [0.1, 0.15) is 19.8 Å². The first-order valence-electron chi connectivity index (χ1n) is 2.26. The van der Waals surface area contributed by atoms with Gasteiger partial charge in [-0.1, -0.05) is 13.3 Å². The Bertz CT molecular complexity index is 36.5.